The molecular formula is C35H27N. The number of anilines is 2. The molecule has 0 aromatic heterocycles. The van der Waals surface area contributed by atoms with Gasteiger partial charge in [0.05, 0.1) is 0 Å². The monoisotopic (exact) mass is 461 g/mol. The normalized spacial score (nSPS) is 11.9. The van der Waals surface area contributed by atoms with Gasteiger partial charge in [0.25, 0.3) is 0 Å². The predicted octanol–water partition coefficient (Wildman–Crippen LogP) is 9.48. The molecule has 0 spiro atoms. The summed E-state index contributed by atoms with van der Waals surface area (Å²) in [6.45, 7) is 2.14. The second kappa shape index (κ2) is 9.56. The van der Waals surface area contributed by atoms with E-state index in [0.717, 1.165) is 11.4 Å². The molecule has 5 aromatic carbocycles. The highest BCUT2D eigenvalue weighted by Gasteiger charge is 2.14. The number of hydrogen-bond acceptors (Lipinski definition) is 1. The molecule has 0 atom stereocenters. The fourth-order valence-corrected chi connectivity index (χ4v) is 4.86. The summed E-state index contributed by atoms with van der Waals surface area (Å²) in [5.41, 5.74) is 13.3. The van der Waals surface area contributed by atoms with E-state index in [0.29, 0.717) is 0 Å². The number of fused-ring (bicyclic) bond motifs is 2. The van der Waals surface area contributed by atoms with Crippen molar-refractivity contribution in [2.45, 2.75) is 6.92 Å². The number of hydrogen-bond donors (Lipinski definition) is 1. The summed E-state index contributed by atoms with van der Waals surface area (Å²) in [7, 11) is 0. The van der Waals surface area contributed by atoms with Crippen LogP contribution in [-0.4, -0.2) is 0 Å². The van der Waals surface area contributed by atoms with Crippen molar-refractivity contribution in [1.29, 1.82) is 0 Å². The molecule has 5 aromatic rings. The molecule has 1 aliphatic carbocycles. The molecule has 0 unspecified atom stereocenters. The molecule has 1 N–H and O–H groups in total. The Balaban J connectivity index is 1.35. The van der Waals surface area contributed by atoms with Crippen molar-refractivity contribution >= 4 is 35.2 Å². The van der Waals surface area contributed by atoms with Crippen LogP contribution < -0.4 is 5.32 Å². The highest BCUT2D eigenvalue weighted by Crippen LogP contribution is 2.36. The van der Waals surface area contributed by atoms with Gasteiger partial charge in [0.1, 0.15) is 0 Å². The summed E-state index contributed by atoms with van der Waals surface area (Å²) in [5, 5.41) is 3.64. The molecule has 36 heavy (non-hydrogen) atoms. The second-order valence-corrected chi connectivity index (χ2v) is 9.23. The average Bonchev–Trinajstić information content (AvgIpc) is 3.08. The lowest BCUT2D eigenvalue weighted by Crippen LogP contribution is -1.95. The van der Waals surface area contributed by atoms with Crippen LogP contribution in [0.4, 0.5) is 11.4 Å². The Labute approximate surface area is 213 Å². The van der Waals surface area contributed by atoms with Gasteiger partial charge in [0, 0.05) is 16.9 Å². The van der Waals surface area contributed by atoms with E-state index in [9.17, 15) is 0 Å². The quantitative estimate of drug-likeness (QED) is 0.276. The first kappa shape index (κ1) is 21.9. The lowest BCUT2D eigenvalue weighted by Gasteiger charge is -2.14. The topological polar surface area (TPSA) is 12.0 Å². The first-order chi connectivity index (χ1) is 17.7. The smallest absolute Gasteiger partial charge is 0.0464 e. The van der Waals surface area contributed by atoms with E-state index in [1.165, 1.54) is 50.1 Å². The molecule has 0 saturated carbocycles. The summed E-state index contributed by atoms with van der Waals surface area (Å²) in [6, 6.07) is 43.1. The van der Waals surface area contributed by atoms with E-state index in [-0.39, 0.29) is 0 Å². The Morgan fingerprint density at radius 1 is 0.556 bits per heavy atom. The minimum absolute atomic E-state index is 1.07. The first-order valence-corrected chi connectivity index (χ1v) is 12.4. The number of benzene rings is 5. The minimum atomic E-state index is 1.07. The summed E-state index contributed by atoms with van der Waals surface area (Å²) in [4.78, 5) is 0. The minimum Gasteiger partial charge on any atom is -0.355 e. The molecule has 0 aliphatic heterocycles. The van der Waals surface area contributed by atoms with Crippen LogP contribution in [-0.2, 0) is 0 Å². The van der Waals surface area contributed by atoms with Gasteiger partial charge < -0.3 is 5.32 Å². The molecule has 1 nitrogen and oxygen atoms in total. The van der Waals surface area contributed by atoms with E-state index in [2.05, 4.69) is 152 Å². The van der Waals surface area contributed by atoms with E-state index in [1.54, 1.807) is 0 Å². The fraction of sp³-hybridized carbons (Fsp3) is 0.0286. The Morgan fingerprint density at radius 3 is 1.83 bits per heavy atom. The van der Waals surface area contributed by atoms with E-state index < -0.39 is 0 Å². The van der Waals surface area contributed by atoms with Crippen LogP contribution >= 0.6 is 0 Å². The predicted molar refractivity (Wildman–Crippen MR) is 155 cm³/mol. The fourth-order valence-electron chi connectivity index (χ4n) is 4.86. The zero-order chi connectivity index (χ0) is 24.3. The molecule has 1 aliphatic rings. The van der Waals surface area contributed by atoms with Crippen LogP contribution in [0.1, 0.15) is 33.4 Å². The van der Waals surface area contributed by atoms with Crippen molar-refractivity contribution in [2.24, 2.45) is 0 Å². The molecule has 0 saturated heterocycles. The summed E-state index contributed by atoms with van der Waals surface area (Å²) in [6.07, 6.45) is 6.73. The Morgan fingerprint density at radius 2 is 1.17 bits per heavy atom. The standard InChI is InChI=1S/C35H27N/c1-25-15-22-35(33(23-25)27-9-3-2-4-10-27)36-30-20-16-26(17-21-30)24-34-31-13-7-5-11-28(31)18-19-29-12-6-8-14-32(29)34/h2-24,36H,1H3. The number of aryl methyl sites for hydroxylation is 1. The first-order valence-electron chi connectivity index (χ1n) is 12.4. The largest absolute Gasteiger partial charge is 0.355 e. The molecule has 6 rings (SSSR count). The van der Waals surface area contributed by atoms with Crippen LogP contribution in [0.3, 0.4) is 0 Å². The maximum atomic E-state index is 3.64. The maximum absolute atomic E-state index is 3.64. The van der Waals surface area contributed by atoms with Gasteiger partial charge in [-0.3, -0.25) is 0 Å². The summed E-state index contributed by atoms with van der Waals surface area (Å²) in [5.74, 6) is 0. The van der Waals surface area contributed by atoms with Crippen molar-refractivity contribution in [3.05, 3.63) is 155 Å². The average molecular weight is 462 g/mol. The molecule has 0 heterocycles. The third kappa shape index (κ3) is 4.39. The molecule has 1 heteroatoms. The third-order valence-electron chi connectivity index (χ3n) is 6.70. The maximum Gasteiger partial charge on any atom is 0.0464 e. The van der Waals surface area contributed by atoms with Crippen molar-refractivity contribution < 1.29 is 0 Å². The SMILES string of the molecule is Cc1ccc(Nc2ccc(C=C3c4ccccc4C=Cc4ccccc43)cc2)c(-c2ccccc2)c1. The summed E-state index contributed by atoms with van der Waals surface area (Å²) < 4.78 is 0. The Kier molecular flexibility index (Phi) is 5.81. The van der Waals surface area contributed by atoms with Gasteiger partial charge in [-0.15, -0.1) is 0 Å². The number of rotatable bonds is 4. The highest BCUT2D eigenvalue weighted by atomic mass is 14.9. The van der Waals surface area contributed by atoms with Crippen LogP contribution in [0.2, 0.25) is 0 Å². The second-order valence-electron chi connectivity index (χ2n) is 9.23. The van der Waals surface area contributed by atoms with Crippen LogP contribution in [0.5, 0.6) is 0 Å². The van der Waals surface area contributed by atoms with Gasteiger partial charge in [0.15, 0.2) is 0 Å². The Bertz CT molecular complexity index is 1540. The zero-order valence-electron chi connectivity index (χ0n) is 20.3. The van der Waals surface area contributed by atoms with Crippen molar-refractivity contribution in [3.8, 4) is 11.1 Å². The van der Waals surface area contributed by atoms with Crippen LogP contribution in [0.15, 0.2) is 121 Å². The molecular weight excluding hydrogens is 434 g/mol. The van der Waals surface area contributed by atoms with Crippen LogP contribution in [0.25, 0.3) is 34.9 Å². The van der Waals surface area contributed by atoms with Gasteiger partial charge >= 0.3 is 0 Å². The molecule has 0 amide bonds. The molecule has 172 valence electrons. The van der Waals surface area contributed by atoms with E-state index in [1.807, 2.05) is 0 Å². The van der Waals surface area contributed by atoms with Crippen LogP contribution in [0, 0.1) is 6.92 Å². The van der Waals surface area contributed by atoms with Gasteiger partial charge in [-0.1, -0.05) is 115 Å². The van der Waals surface area contributed by atoms with Gasteiger partial charge in [-0.2, -0.15) is 0 Å². The van der Waals surface area contributed by atoms with E-state index >= 15 is 0 Å². The van der Waals surface area contributed by atoms with Gasteiger partial charge in [-0.05, 0) is 76.2 Å². The van der Waals surface area contributed by atoms with Gasteiger partial charge in [-0.25, -0.2) is 0 Å². The third-order valence-corrected chi connectivity index (χ3v) is 6.70. The molecule has 0 bridgehead atoms. The number of nitrogens with one attached hydrogen (secondary N) is 1. The van der Waals surface area contributed by atoms with Crippen molar-refractivity contribution in [1.82, 2.24) is 0 Å². The highest BCUT2D eigenvalue weighted by molar-refractivity contribution is 6.00. The molecule has 0 fully saturated rings. The lowest BCUT2D eigenvalue weighted by atomic mass is 9.92. The van der Waals surface area contributed by atoms with E-state index in [4.69, 9.17) is 0 Å². The zero-order valence-corrected chi connectivity index (χ0v) is 20.3. The Hall–Kier alpha value is -4.62. The van der Waals surface area contributed by atoms with Crippen molar-refractivity contribution in [3.63, 3.8) is 0 Å². The lowest BCUT2D eigenvalue weighted by molar-refractivity contribution is 1.44. The van der Waals surface area contributed by atoms with Gasteiger partial charge in [0.2, 0.25) is 0 Å². The molecule has 0 radical (unpaired) electrons. The summed E-state index contributed by atoms with van der Waals surface area (Å²) >= 11 is 0. The van der Waals surface area contributed by atoms with Crippen molar-refractivity contribution in [2.75, 3.05) is 5.32 Å².